The average Bonchev–Trinajstić information content (AvgIpc) is 3.06. The van der Waals surface area contributed by atoms with Crippen molar-refractivity contribution in [3.8, 4) is 0 Å². The third-order valence-electron chi connectivity index (χ3n) is 4.07. The zero-order valence-corrected chi connectivity index (χ0v) is 14.7. The summed E-state index contributed by atoms with van der Waals surface area (Å²) in [5.41, 5.74) is 1.48. The molecule has 0 radical (unpaired) electrons. The first-order valence-corrected chi connectivity index (χ1v) is 9.12. The number of aryl methyl sites for hydroxylation is 1. The second-order valence-corrected chi connectivity index (χ2v) is 6.93. The van der Waals surface area contributed by atoms with Crippen LogP contribution in [0.5, 0.6) is 0 Å². The minimum atomic E-state index is -0.106. The molecule has 1 N–H and O–H groups in total. The van der Waals surface area contributed by atoms with Gasteiger partial charge in [0.15, 0.2) is 5.13 Å². The van der Waals surface area contributed by atoms with Crippen LogP contribution in [0.3, 0.4) is 0 Å². The normalized spacial score (nSPS) is 11.1. The molecule has 26 heavy (non-hydrogen) atoms. The van der Waals surface area contributed by atoms with Crippen LogP contribution in [0.15, 0.2) is 59.7 Å². The molecule has 2 heterocycles. The number of nitrogens with zero attached hydrogens (tertiary/aromatic N) is 3. The molecule has 4 aromatic rings. The van der Waals surface area contributed by atoms with Gasteiger partial charge in [0, 0.05) is 13.0 Å². The Hall–Kier alpha value is -3.06. The molecule has 6 nitrogen and oxygen atoms in total. The van der Waals surface area contributed by atoms with E-state index in [1.807, 2.05) is 42.5 Å². The van der Waals surface area contributed by atoms with Crippen LogP contribution in [-0.2, 0) is 11.3 Å². The molecule has 0 aliphatic heterocycles. The lowest BCUT2D eigenvalue weighted by Gasteiger charge is -2.06. The molecule has 0 saturated carbocycles. The van der Waals surface area contributed by atoms with Gasteiger partial charge >= 0.3 is 0 Å². The van der Waals surface area contributed by atoms with Crippen molar-refractivity contribution in [1.29, 1.82) is 0 Å². The van der Waals surface area contributed by atoms with Gasteiger partial charge in [-0.15, -0.1) is 0 Å². The summed E-state index contributed by atoms with van der Waals surface area (Å²) in [7, 11) is 0. The van der Waals surface area contributed by atoms with Crippen molar-refractivity contribution >= 4 is 43.5 Å². The smallest absolute Gasteiger partial charge is 0.261 e. The summed E-state index contributed by atoms with van der Waals surface area (Å²) in [5.74, 6) is -0.106. The molecule has 0 saturated heterocycles. The van der Waals surface area contributed by atoms with Gasteiger partial charge in [-0.2, -0.15) is 0 Å². The van der Waals surface area contributed by atoms with E-state index in [4.69, 9.17) is 0 Å². The maximum Gasteiger partial charge on any atom is 0.261 e. The fourth-order valence-electron chi connectivity index (χ4n) is 2.78. The van der Waals surface area contributed by atoms with Gasteiger partial charge in [-0.3, -0.25) is 14.2 Å². The Morgan fingerprint density at radius 2 is 1.85 bits per heavy atom. The summed E-state index contributed by atoms with van der Waals surface area (Å²) in [6.45, 7) is 0.448. The summed E-state index contributed by atoms with van der Waals surface area (Å²) >= 11 is 1.45. The molecule has 0 aliphatic rings. The molecule has 0 spiro atoms. The molecule has 7 heteroatoms. The lowest BCUT2D eigenvalue weighted by atomic mass is 10.2. The summed E-state index contributed by atoms with van der Waals surface area (Å²) in [6, 6.07) is 15.0. The van der Waals surface area contributed by atoms with Crippen LogP contribution in [0.25, 0.3) is 21.1 Å². The number of para-hydroxylation sites is 2. The third kappa shape index (κ3) is 3.34. The van der Waals surface area contributed by atoms with Gasteiger partial charge in [0.1, 0.15) is 0 Å². The first-order valence-electron chi connectivity index (χ1n) is 8.30. The lowest BCUT2D eigenvalue weighted by Crippen LogP contribution is -2.21. The van der Waals surface area contributed by atoms with E-state index < -0.39 is 0 Å². The SMILES string of the molecule is O=C(CCCn1cnc2ccccc2c1=O)Nc1nc2ccccc2s1. The molecule has 0 fully saturated rings. The van der Waals surface area contributed by atoms with E-state index in [2.05, 4.69) is 15.3 Å². The number of amides is 1. The van der Waals surface area contributed by atoms with E-state index in [1.165, 1.54) is 17.7 Å². The van der Waals surface area contributed by atoms with Crippen LogP contribution >= 0.6 is 11.3 Å². The van der Waals surface area contributed by atoms with E-state index in [9.17, 15) is 9.59 Å². The predicted octanol–water partition coefficient (Wildman–Crippen LogP) is 3.43. The van der Waals surface area contributed by atoms with E-state index >= 15 is 0 Å². The first kappa shape index (κ1) is 16.4. The minimum absolute atomic E-state index is 0.0813. The average molecular weight is 364 g/mol. The van der Waals surface area contributed by atoms with Crippen LogP contribution in [0.2, 0.25) is 0 Å². The number of rotatable bonds is 5. The van der Waals surface area contributed by atoms with Gasteiger partial charge < -0.3 is 5.32 Å². The summed E-state index contributed by atoms with van der Waals surface area (Å²) in [5, 5.41) is 4.02. The summed E-state index contributed by atoms with van der Waals surface area (Å²) in [6.07, 6.45) is 2.40. The van der Waals surface area contributed by atoms with Gasteiger partial charge in [0.2, 0.25) is 5.91 Å². The molecule has 0 atom stereocenters. The standard InChI is InChI=1S/C19H16N4O2S/c24-17(22-19-21-15-8-3-4-9-16(15)26-19)10-5-11-23-12-20-14-7-2-1-6-13(14)18(23)25/h1-4,6-9,12H,5,10-11H2,(H,21,22,24). The Morgan fingerprint density at radius 3 is 2.69 bits per heavy atom. The maximum atomic E-state index is 12.4. The number of hydrogen-bond donors (Lipinski definition) is 1. The Kier molecular flexibility index (Phi) is 4.45. The van der Waals surface area contributed by atoms with E-state index in [0.717, 1.165) is 10.2 Å². The third-order valence-corrected chi connectivity index (χ3v) is 5.03. The minimum Gasteiger partial charge on any atom is -0.302 e. The van der Waals surface area contributed by atoms with Gasteiger partial charge in [0.05, 0.1) is 27.4 Å². The molecular formula is C19H16N4O2S. The molecule has 2 aromatic heterocycles. The van der Waals surface area contributed by atoms with Crippen LogP contribution in [0, 0.1) is 0 Å². The maximum absolute atomic E-state index is 12.4. The van der Waals surface area contributed by atoms with Crippen molar-refractivity contribution < 1.29 is 4.79 Å². The number of anilines is 1. The monoisotopic (exact) mass is 364 g/mol. The van der Waals surface area contributed by atoms with Crippen molar-refractivity contribution in [1.82, 2.24) is 14.5 Å². The largest absolute Gasteiger partial charge is 0.302 e. The van der Waals surface area contributed by atoms with Gasteiger partial charge in [-0.05, 0) is 30.7 Å². The Bertz CT molecular complexity index is 1120. The lowest BCUT2D eigenvalue weighted by molar-refractivity contribution is -0.116. The van der Waals surface area contributed by atoms with E-state index in [1.54, 1.807) is 10.6 Å². The number of thiazole rings is 1. The van der Waals surface area contributed by atoms with E-state index in [-0.39, 0.29) is 11.5 Å². The Balaban J connectivity index is 1.37. The van der Waals surface area contributed by atoms with Crippen molar-refractivity contribution in [3.63, 3.8) is 0 Å². The summed E-state index contributed by atoms with van der Waals surface area (Å²) < 4.78 is 2.59. The molecule has 0 bridgehead atoms. The molecule has 0 unspecified atom stereocenters. The second kappa shape index (κ2) is 7.05. The first-order chi connectivity index (χ1) is 12.7. The van der Waals surface area contributed by atoms with Crippen LogP contribution in [-0.4, -0.2) is 20.4 Å². The van der Waals surface area contributed by atoms with Crippen LogP contribution < -0.4 is 10.9 Å². The highest BCUT2D eigenvalue weighted by atomic mass is 32.1. The van der Waals surface area contributed by atoms with Crippen molar-refractivity contribution in [2.45, 2.75) is 19.4 Å². The number of aromatic nitrogens is 3. The van der Waals surface area contributed by atoms with Crippen LogP contribution in [0.1, 0.15) is 12.8 Å². The Labute approximate surface area is 153 Å². The zero-order chi connectivity index (χ0) is 17.9. The van der Waals surface area contributed by atoms with E-state index in [0.29, 0.717) is 35.4 Å². The highest BCUT2D eigenvalue weighted by molar-refractivity contribution is 7.22. The van der Waals surface area contributed by atoms with Crippen molar-refractivity contribution in [3.05, 3.63) is 65.2 Å². The number of nitrogens with one attached hydrogen (secondary N) is 1. The number of carbonyl (C=O) groups is 1. The molecule has 0 aliphatic carbocycles. The number of hydrogen-bond acceptors (Lipinski definition) is 5. The molecule has 2 aromatic carbocycles. The molecule has 4 rings (SSSR count). The van der Waals surface area contributed by atoms with Crippen molar-refractivity contribution in [2.24, 2.45) is 0 Å². The predicted molar refractivity (Wildman–Crippen MR) is 103 cm³/mol. The van der Waals surface area contributed by atoms with Crippen LogP contribution in [0.4, 0.5) is 5.13 Å². The number of benzene rings is 2. The highest BCUT2D eigenvalue weighted by Crippen LogP contribution is 2.25. The second-order valence-electron chi connectivity index (χ2n) is 5.90. The van der Waals surface area contributed by atoms with Gasteiger partial charge in [-0.25, -0.2) is 9.97 Å². The number of carbonyl (C=O) groups excluding carboxylic acids is 1. The molecule has 1 amide bonds. The Morgan fingerprint density at radius 1 is 1.08 bits per heavy atom. The highest BCUT2D eigenvalue weighted by Gasteiger charge is 2.08. The topological polar surface area (TPSA) is 76.9 Å². The summed E-state index contributed by atoms with van der Waals surface area (Å²) in [4.78, 5) is 33.2. The molecular weight excluding hydrogens is 348 g/mol. The van der Waals surface area contributed by atoms with Gasteiger partial charge in [-0.1, -0.05) is 35.6 Å². The number of fused-ring (bicyclic) bond motifs is 2. The fourth-order valence-corrected chi connectivity index (χ4v) is 3.66. The fraction of sp³-hybridized carbons (Fsp3) is 0.158. The zero-order valence-electron chi connectivity index (χ0n) is 13.9. The van der Waals surface area contributed by atoms with Crippen molar-refractivity contribution in [2.75, 3.05) is 5.32 Å². The molecule has 130 valence electrons. The quantitative estimate of drug-likeness (QED) is 0.589. The van der Waals surface area contributed by atoms with Gasteiger partial charge in [0.25, 0.3) is 5.56 Å².